The summed E-state index contributed by atoms with van der Waals surface area (Å²) in [7, 11) is 0. The van der Waals surface area contributed by atoms with Crippen LogP contribution in [-0.2, 0) is 0 Å². The molecule has 0 amide bonds. The Morgan fingerprint density at radius 2 is 0.610 bits per heavy atom. The number of carboxylic acid groups (broad SMARTS) is 2. The first-order valence-corrected chi connectivity index (χ1v) is 27.0. The van der Waals surface area contributed by atoms with Crippen LogP contribution in [0.3, 0.4) is 0 Å². The highest BCUT2D eigenvalue weighted by molar-refractivity contribution is 6.10. The number of hydrogen-bond donors (Lipinski definition) is 2. The van der Waals surface area contributed by atoms with Gasteiger partial charge in [0, 0.05) is 5.56 Å². The number of aromatic carboxylic acids is 2. The Kier molecular flexibility index (Phi) is 14.3. The Hall–Kier alpha value is -11.1. The average molecular weight is 1060 g/mol. The van der Waals surface area contributed by atoms with Crippen LogP contribution in [0.1, 0.15) is 31.8 Å². The van der Waals surface area contributed by atoms with Crippen molar-refractivity contribution in [3.63, 3.8) is 0 Å². The molecule has 0 radical (unpaired) electrons. The van der Waals surface area contributed by atoms with Crippen molar-refractivity contribution in [3.05, 3.63) is 301 Å². The van der Waals surface area contributed by atoms with E-state index < -0.39 is 11.9 Å². The fraction of sp³-hybridized carbons (Fsp3) is 0.0130. The molecule has 0 aliphatic heterocycles. The zero-order valence-electron chi connectivity index (χ0n) is 44.8. The predicted octanol–water partition coefficient (Wildman–Crippen LogP) is 19.8. The summed E-state index contributed by atoms with van der Waals surface area (Å²) in [5.41, 5.74) is 20.8. The van der Waals surface area contributed by atoms with Gasteiger partial charge in [0.25, 0.3) is 0 Å². The molecule has 5 heteroatoms. The maximum atomic E-state index is 12.6. The second-order valence-corrected chi connectivity index (χ2v) is 20.2. The van der Waals surface area contributed by atoms with Crippen molar-refractivity contribution in [1.29, 1.82) is 0 Å². The fourth-order valence-corrected chi connectivity index (χ4v) is 11.3. The molecule has 5 nitrogen and oxygen atoms in total. The second kappa shape index (κ2) is 22.7. The lowest BCUT2D eigenvalue weighted by atomic mass is 9.78. The molecular formula is C77H52O5. The van der Waals surface area contributed by atoms with Crippen molar-refractivity contribution in [2.75, 3.05) is 0 Å². The van der Waals surface area contributed by atoms with Gasteiger partial charge in [-0.15, -0.1) is 6.42 Å². The van der Waals surface area contributed by atoms with Gasteiger partial charge in [0.2, 0.25) is 0 Å². The van der Waals surface area contributed by atoms with Crippen LogP contribution >= 0.6 is 0 Å². The van der Waals surface area contributed by atoms with Crippen molar-refractivity contribution >= 4 is 11.9 Å². The van der Waals surface area contributed by atoms with E-state index in [1.54, 1.807) is 18.2 Å². The van der Waals surface area contributed by atoms with E-state index in [0.29, 0.717) is 22.6 Å². The van der Waals surface area contributed by atoms with Crippen molar-refractivity contribution in [3.8, 4) is 135 Å². The molecule has 390 valence electrons. The molecule has 12 aromatic carbocycles. The highest BCUT2D eigenvalue weighted by Gasteiger charge is 2.27. The normalized spacial score (nSPS) is 10.9. The van der Waals surface area contributed by atoms with Gasteiger partial charge in [-0.25, -0.2) is 9.59 Å². The van der Waals surface area contributed by atoms with Crippen molar-refractivity contribution in [2.24, 2.45) is 0 Å². The van der Waals surface area contributed by atoms with E-state index in [1.807, 2.05) is 134 Å². The number of aryl methyl sites for hydroxylation is 1. The van der Waals surface area contributed by atoms with Gasteiger partial charge in [-0.3, -0.25) is 0 Å². The van der Waals surface area contributed by atoms with E-state index in [1.165, 1.54) is 6.07 Å². The van der Waals surface area contributed by atoms with Gasteiger partial charge in [0.1, 0.15) is 11.5 Å². The van der Waals surface area contributed by atoms with Crippen LogP contribution in [0.15, 0.2) is 279 Å². The molecule has 0 aliphatic rings. The monoisotopic (exact) mass is 1060 g/mol. The molecule has 2 N–H and O–H groups in total. The van der Waals surface area contributed by atoms with Gasteiger partial charge in [0.15, 0.2) is 0 Å². The van der Waals surface area contributed by atoms with Gasteiger partial charge in [0.05, 0.1) is 11.1 Å². The lowest BCUT2D eigenvalue weighted by molar-refractivity contribution is 0.0686. The fourth-order valence-electron chi connectivity index (χ4n) is 11.3. The third-order valence-electron chi connectivity index (χ3n) is 14.9. The molecule has 0 saturated carbocycles. The van der Waals surface area contributed by atoms with E-state index in [2.05, 4.69) is 133 Å². The molecule has 12 rings (SSSR count). The lowest BCUT2D eigenvalue weighted by Gasteiger charge is -2.25. The minimum atomic E-state index is -1.06. The molecule has 0 heterocycles. The number of ether oxygens (including phenoxy) is 1. The maximum Gasteiger partial charge on any atom is 0.335 e. The first-order valence-electron chi connectivity index (χ1n) is 27.0. The van der Waals surface area contributed by atoms with Crippen LogP contribution in [0.25, 0.3) is 111 Å². The van der Waals surface area contributed by atoms with Gasteiger partial charge in [-0.1, -0.05) is 218 Å². The summed E-state index contributed by atoms with van der Waals surface area (Å²) in [6.07, 6.45) is 5.99. The number of benzene rings is 12. The van der Waals surface area contributed by atoms with Gasteiger partial charge in [-0.05, 0) is 190 Å². The molecule has 0 bridgehead atoms. The molecule has 82 heavy (non-hydrogen) atoms. The minimum absolute atomic E-state index is 0.110. The van der Waals surface area contributed by atoms with Crippen molar-refractivity contribution in [2.45, 2.75) is 6.92 Å². The number of hydrogen-bond acceptors (Lipinski definition) is 3. The van der Waals surface area contributed by atoms with Crippen LogP contribution in [0.4, 0.5) is 0 Å². The first-order chi connectivity index (χ1) is 40.2. The highest BCUT2D eigenvalue weighted by atomic mass is 16.5. The Morgan fingerprint density at radius 1 is 0.317 bits per heavy atom. The third kappa shape index (κ3) is 10.4. The smallest absolute Gasteiger partial charge is 0.335 e. The molecule has 0 aliphatic carbocycles. The lowest BCUT2D eigenvalue weighted by Crippen LogP contribution is -2.01. The number of carboxylic acids is 2. The summed E-state index contributed by atoms with van der Waals surface area (Å²) < 4.78 is 6.74. The van der Waals surface area contributed by atoms with Gasteiger partial charge >= 0.3 is 11.9 Å². The minimum Gasteiger partial charge on any atom is -0.478 e. The van der Waals surface area contributed by atoms with Gasteiger partial charge < -0.3 is 14.9 Å². The summed E-state index contributed by atoms with van der Waals surface area (Å²) in [5, 5.41) is 20.6. The molecule has 0 saturated heterocycles. The largest absolute Gasteiger partial charge is 0.478 e. The van der Waals surface area contributed by atoms with Crippen molar-refractivity contribution in [1.82, 2.24) is 0 Å². The molecule has 0 fully saturated rings. The third-order valence-corrected chi connectivity index (χ3v) is 14.9. The quantitative estimate of drug-likeness (QED) is 0.106. The van der Waals surface area contributed by atoms with Crippen LogP contribution in [0.5, 0.6) is 11.5 Å². The van der Waals surface area contributed by atoms with Gasteiger partial charge in [-0.2, -0.15) is 0 Å². The zero-order valence-corrected chi connectivity index (χ0v) is 44.8. The predicted molar refractivity (Wildman–Crippen MR) is 334 cm³/mol. The van der Waals surface area contributed by atoms with Crippen molar-refractivity contribution < 1.29 is 24.5 Å². The first kappa shape index (κ1) is 51.7. The van der Waals surface area contributed by atoms with Crippen LogP contribution in [0, 0.1) is 19.3 Å². The SMILES string of the molecule is C#Cc1cc(C(=O)O)cc(-c2cc(-c3ccccc3)c(-c3ccc(Oc4ccc(-c5c(-c6ccccc6)cc(-c6cc(C)cc(C(=O)O)c6)c(-c6ccccc6)c5-c5ccccc5)cc4)cc3)c(-c3ccccc3)c2-c2ccccc2)c1. The molecule has 12 aromatic rings. The van der Waals surface area contributed by atoms with E-state index in [4.69, 9.17) is 11.2 Å². The highest BCUT2D eigenvalue weighted by Crippen LogP contribution is 2.53. The summed E-state index contributed by atoms with van der Waals surface area (Å²) in [6.45, 7) is 1.94. The Morgan fingerprint density at radius 3 is 0.951 bits per heavy atom. The topological polar surface area (TPSA) is 83.8 Å². The van der Waals surface area contributed by atoms with Crippen LogP contribution in [0.2, 0.25) is 0 Å². The average Bonchev–Trinajstić information content (AvgIpc) is 3.45. The molecule has 0 atom stereocenters. The molecular weight excluding hydrogens is 1000 g/mol. The number of rotatable bonds is 14. The number of terminal acetylenes is 1. The van der Waals surface area contributed by atoms with Crippen LogP contribution in [-0.4, -0.2) is 22.2 Å². The van der Waals surface area contributed by atoms with Crippen LogP contribution < -0.4 is 4.74 Å². The number of carbonyl (C=O) groups is 2. The summed E-state index contributed by atoms with van der Waals surface area (Å²) in [5.74, 6) is 1.97. The Balaban J connectivity index is 1.01. The van der Waals surface area contributed by atoms with E-state index >= 15 is 0 Å². The molecule has 0 spiro atoms. The van der Waals surface area contributed by atoms with E-state index in [-0.39, 0.29) is 11.1 Å². The Labute approximate surface area is 477 Å². The summed E-state index contributed by atoms with van der Waals surface area (Å²) in [6, 6.07) is 93.5. The zero-order chi connectivity index (χ0) is 56.1. The molecule has 0 unspecified atom stereocenters. The van der Waals surface area contributed by atoms with E-state index in [0.717, 1.165) is 111 Å². The Bertz CT molecular complexity index is 4360. The second-order valence-electron chi connectivity index (χ2n) is 20.2. The van der Waals surface area contributed by atoms with E-state index in [9.17, 15) is 19.8 Å². The standard InChI is InChI=1S/C77H52O5/c1-3-51-44-61(47-63(45-51)77(80)81)69-49-67(53-24-12-5-13-25-53)73(75(57-32-20-9-21-33-57)71(69)55-28-16-7-17-29-55)59-36-40-65(41-37-59)82-64-38-34-58(35-39-64)72-66(52-22-10-4-11-23-52)48-68(60-42-50(2)43-62(46-60)76(78)79)70(54-26-14-6-15-27-54)74(72)56-30-18-8-19-31-56/h1,4-49H,2H3,(H,78,79)(H,80,81). The molecule has 0 aromatic heterocycles. The summed E-state index contributed by atoms with van der Waals surface area (Å²) >= 11 is 0. The summed E-state index contributed by atoms with van der Waals surface area (Å²) in [4.78, 5) is 25.2. The maximum absolute atomic E-state index is 12.6.